The summed E-state index contributed by atoms with van der Waals surface area (Å²) in [6.07, 6.45) is 0. The van der Waals surface area contributed by atoms with Gasteiger partial charge < -0.3 is 18.9 Å². The molecule has 0 saturated carbocycles. The lowest BCUT2D eigenvalue weighted by Gasteiger charge is -2.11. The van der Waals surface area contributed by atoms with Crippen LogP contribution in [0.4, 0.5) is 0 Å². The zero-order chi connectivity index (χ0) is 12.2. The predicted molar refractivity (Wildman–Crippen MR) is 53.9 cm³/mol. The number of hydrogen-bond donors (Lipinski definition) is 0. The van der Waals surface area contributed by atoms with Crippen molar-refractivity contribution in [1.82, 2.24) is 0 Å². The number of ether oxygens (including phenoxy) is 4. The smallest absolute Gasteiger partial charge is 0.309 e. The Balaban J connectivity index is 4.34. The van der Waals surface area contributed by atoms with Crippen LogP contribution in [0.1, 0.15) is 0 Å². The van der Waals surface area contributed by atoms with E-state index in [0.29, 0.717) is 13.2 Å². The van der Waals surface area contributed by atoms with Gasteiger partial charge in [-0.05, 0) is 0 Å². The van der Waals surface area contributed by atoms with E-state index in [1.807, 2.05) is 0 Å². The van der Waals surface area contributed by atoms with Gasteiger partial charge in [0.15, 0.2) is 0 Å². The zero-order valence-electron chi connectivity index (χ0n) is 9.36. The van der Waals surface area contributed by atoms with Crippen molar-refractivity contribution >= 4 is 0 Å². The normalized spacial score (nSPS) is 8.75. The summed E-state index contributed by atoms with van der Waals surface area (Å²) < 4.78 is 19.8. The highest BCUT2D eigenvalue weighted by Gasteiger charge is 2.09. The van der Waals surface area contributed by atoms with Crippen LogP contribution in [-0.4, -0.2) is 40.6 Å². The summed E-state index contributed by atoms with van der Waals surface area (Å²) >= 11 is 0. The number of nitrogens with zero attached hydrogens (tertiary/aromatic N) is 2. The molecule has 0 spiro atoms. The molecule has 0 aromatic carbocycles. The number of methoxy groups -OCH3 is 2. The van der Waals surface area contributed by atoms with Crippen molar-refractivity contribution in [3.63, 3.8) is 0 Å². The molecular formula is C10H14N2O4. The molecule has 0 heterocycles. The van der Waals surface area contributed by atoms with Crippen molar-refractivity contribution in [1.29, 1.82) is 10.5 Å². The van der Waals surface area contributed by atoms with Crippen LogP contribution in [0.3, 0.4) is 0 Å². The van der Waals surface area contributed by atoms with Gasteiger partial charge in [-0.15, -0.1) is 0 Å². The van der Waals surface area contributed by atoms with Gasteiger partial charge in [-0.2, -0.15) is 10.5 Å². The Morgan fingerprint density at radius 3 is 1.62 bits per heavy atom. The third-order valence-electron chi connectivity index (χ3n) is 1.47. The molecule has 0 saturated heterocycles. The Kier molecular flexibility index (Phi) is 8.71. The minimum atomic E-state index is -0.202. The molecule has 0 amide bonds. The Morgan fingerprint density at radius 1 is 0.875 bits per heavy atom. The lowest BCUT2D eigenvalue weighted by Crippen LogP contribution is -2.09. The van der Waals surface area contributed by atoms with Crippen LogP contribution in [0.25, 0.3) is 0 Å². The third kappa shape index (κ3) is 5.86. The lowest BCUT2D eigenvalue weighted by molar-refractivity contribution is -0.00330. The molecule has 0 aliphatic rings. The molecule has 0 radical (unpaired) electrons. The fourth-order valence-corrected chi connectivity index (χ4v) is 0.738. The van der Waals surface area contributed by atoms with E-state index in [4.69, 9.17) is 29.5 Å². The van der Waals surface area contributed by atoms with E-state index < -0.39 is 0 Å². The highest BCUT2D eigenvalue weighted by Crippen LogP contribution is 2.07. The molecule has 0 aliphatic heterocycles. The largest absolute Gasteiger partial charge is 0.461 e. The summed E-state index contributed by atoms with van der Waals surface area (Å²) in [6.45, 7) is 1.12. The molecule has 0 aliphatic carbocycles. The van der Waals surface area contributed by atoms with E-state index in [2.05, 4.69) is 0 Å². The van der Waals surface area contributed by atoms with Gasteiger partial charge in [0.25, 0.3) is 0 Å². The summed E-state index contributed by atoms with van der Waals surface area (Å²) in [7, 11) is 3.04. The predicted octanol–water partition coefficient (Wildman–Crippen LogP) is 0.571. The number of hydrogen-bond acceptors (Lipinski definition) is 6. The maximum absolute atomic E-state index is 8.66. The van der Waals surface area contributed by atoms with Crippen LogP contribution in [0.15, 0.2) is 11.5 Å². The molecule has 6 heteroatoms. The van der Waals surface area contributed by atoms with Crippen molar-refractivity contribution in [2.75, 3.05) is 40.6 Å². The second-order valence-electron chi connectivity index (χ2n) is 2.57. The van der Waals surface area contributed by atoms with E-state index in [9.17, 15) is 0 Å². The van der Waals surface area contributed by atoms with Crippen LogP contribution in [0.5, 0.6) is 0 Å². The maximum Gasteiger partial charge on any atom is 0.309 e. The van der Waals surface area contributed by atoms with Gasteiger partial charge >= 0.3 is 5.95 Å². The van der Waals surface area contributed by atoms with Gasteiger partial charge in [-0.25, -0.2) is 0 Å². The summed E-state index contributed by atoms with van der Waals surface area (Å²) in [6, 6.07) is 3.39. The first-order valence-corrected chi connectivity index (χ1v) is 4.58. The van der Waals surface area contributed by atoms with E-state index in [1.165, 1.54) is 14.2 Å². The van der Waals surface area contributed by atoms with Crippen molar-refractivity contribution in [3.05, 3.63) is 11.5 Å². The van der Waals surface area contributed by atoms with Gasteiger partial charge in [0, 0.05) is 14.2 Å². The molecule has 16 heavy (non-hydrogen) atoms. The second kappa shape index (κ2) is 9.78. The summed E-state index contributed by atoms with van der Waals surface area (Å²) in [5.41, 5.74) is -0.202. The Hall–Kier alpha value is -1.76. The van der Waals surface area contributed by atoms with E-state index in [0.717, 1.165) is 0 Å². The topological polar surface area (TPSA) is 84.5 Å². The summed E-state index contributed by atoms with van der Waals surface area (Å²) in [4.78, 5) is 0. The molecule has 0 bridgehead atoms. The first kappa shape index (κ1) is 14.2. The Labute approximate surface area is 94.6 Å². The second-order valence-corrected chi connectivity index (χ2v) is 2.57. The van der Waals surface area contributed by atoms with Crippen molar-refractivity contribution in [2.45, 2.75) is 0 Å². The monoisotopic (exact) mass is 226 g/mol. The van der Waals surface area contributed by atoms with Crippen molar-refractivity contribution in [2.24, 2.45) is 0 Å². The zero-order valence-corrected chi connectivity index (χ0v) is 9.36. The molecule has 0 atom stereocenters. The quantitative estimate of drug-likeness (QED) is 0.342. The molecule has 0 N–H and O–H groups in total. The van der Waals surface area contributed by atoms with E-state index in [-0.39, 0.29) is 24.7 Å². The van der Waals surface area contributed by atoms with Crippen LogP contribution < -0.4 is 0 Å². The average Bonchev–Trinajstić information content (AvgIpc) is 2.30. The highest BCUT2D eigenvalue weighted by atomic mass is 16.7. The van der Waals surface area contributed by atoms with Crippen molar-refractivity contribution in [3.8, 4) is 12.1 Å². The maximum atomic E-state index is 8.66. The molecular weight excluding hydrogens is 212 g/mol. The summed E-state index contributed by atoms with van der Waals surface area (Å²) in [5, 5.41) is 17.3. The highest BCUT2D eigenvalue weighted by molar-refractivity contribution is 5.35. The minimum absolute atomic E-state index is 0.0842. The van der Waals surface area contributed by atoms with Crippen molar-refractivity contribution < 1.29 is 18.9 Å². The van der Waals surface area contributed by atoms with Gasteiger partial charge in [0.2, 0.25) is 5.57 Å². The van der Waals surface area contributed by atoms with Crippen LogP contribution in [-0.2, 0) is 18.9 Å². The average molecular weight is 226 g/mol. The number of nitriles is 2. The Morgan fingerprint density at radius 2 is 1.31 bits per heavy atom. The number of rotatable bonds is 8. The van der Waals surface area contributed by atoms with Gasteiger partial charge in [0.1, 0.15) is 25.4 Å². The fourth-order valence-electron chi connectivity index (χ4n) is 0.738. The first-order chi connectivity index (χ1) is 7.79. The van der Waals surface area contributed by atoms with E-state index >= 15 is 0 Å². The van der Waals surface area contributed by atoms with E-state index in [1.54, 1.807) is 12.1 Å². The van der Waals surface area contributed by atoms with Gasteiger partial charge in [-0.3, -0.25) is 0 Å². The lowest BCUT2D eigenvalue weighted by atomic mass is 10.3. The Bertz CT molecular complexity index is 273. The molecule has 88 valence electrons. The standard InChI is InChI=1S/C10H14N2O4/c1-13-3-5-15-10(9(7-11)8-12)16-6-4-14-2/h3-6H2,1-2H3. The van der Waals surface area contributed by atoms with Gasteiger partial charge in [0.05, 0.1) is 13.2 Å². The molecule has 6 nitrogen and oxygen atoms in total. The molecule has 0 rings (SSSR count). The third-order valence-corrected chi connectivity index (χ3v) is 1.47. The minimum Gasteiger partial charge on any atom is -0.461 e. The summed E-state index contributed by atoms with van der Waals surface area (Å²) in [5.74, 6) is -0.0842. The first-order valence-electron chi connectivity index (χ1n) is 4.58. The molecule has 0 aromatic rings. The number of allylic oxidation sites excluding steroid dienone is 1. The SMILES string of the molecule is COCCOC(OCCOC)=C(C#N)C#N. The van der Waals surface area contributed by atoms with Crippen LogP contribution >= 0.6 is 0 Å². The van der Waals surface area contributed by atoms with Gasteiger partial charge in [-0.1, -0.05) is 0 Å². The molecule has 0 unspecified atom stereocenters. The van der Waals surface area contributed by atoms with Crippen LogP contribution in [0, 0.1) is 22.7 Å². The van der Waals surface area contributed by atoms with Crippen LogP contribution in [0.2, 0.25) is 0 Å². The molecule has 0 aromatic heterocycles. The molecule has 0 fully saturated rings. The fraction of sp³-hybridized carbons (Fsp3) is 0.600.